The maximum atomic E-state index is 11.7. The summed E-state index contributed by atoms with van der Waals surface area (Å²) in [6, 6.07) is 8.71. The zero-order valence-electron chi connectivity index (χ0n) is 11.7. The van der Waals surface area contributed by atoms with E-state index in [1.807, 2.05) is 12.1 Å². The Labute approximate surface area is 122 Å². The van der Waals surface area contributed by atoms with Crippen molar-refractivity contribution in [1.82, 2.24) is 10.5 Å². The minimum Gasteiger partial charge on any atom is -0.465 e. The van der Waals surface area contributed by atoms with Gasteiger partial charge in [-0.3, -0.25) is 4.79 Å². The molecule has 1 amide bonds. The zero-order valence-corrected chi connectivity index (χ0v) is 11.7. The maximum Gasteiger partial charge on any atom is 0.337 e. The van der Waals surface area contributed by atoms with Crippen LogP contribution in [0.2, 0.25) is 0 Å². The number of hydrogen-bond acceptors (Lipinski definition) is 5. The Morgan fingerprint density at radius 3 is 2.62 bits per heavy atom. The largest absolute Gasteiger partial charge is 0.465 e. The van der Waals surface area contributed by atoms with Gasteiger partial charge in [0.25, 0.3) is 0 Å². The number of esters is 1. The first kappa shape index (κ1) is 14.8. The lowest BCUT2D eigenvalue weighted by Gasteiger charge is -2.04. The predicted octanol–water partition coefficient (Wildman–Crippen LogP) is 1.71. The van der Waals surface area contributed by atoms with Crippen molar-refractivity contribution in [1.29, 1.82) is 0 Å². The first-order valence-corrected chi connectivity index (χ1v) is 6.52. The van der Waals surface area contributed by atoms with Crippen LogP contribution in [0, 0.1) is 0 Å². The normalized spacial score (nSPS) is 10.1. The van der Waals surface area contributed by atoms with Crippen LogP contribution in [0.25, 0.3) is 0 Å². The van der Waals surface area contributed by atoms with Crippen molar-refractivity contribution >= 4 is 11.9 Å². The third-order valence-electron chi connectivity index (χ3n) is 2.97. The van der Waals surface area contributed by atoms with Crippen LogP contribution in [-0.2, 0) is 22.5 Å². The van der Waals surface area contributed by atoms with Gasteiger partial charge in [-0.25, -0.2) is 4.79 Å². The minimum absolute atomic E-state index is 0.0601. The summed E-state index contributed by atoms with van der Waals surface area (Å²) in [5.41, 5.74) is 2.17. The first-order valence-electron chi connectivity index (χ1n) is 6.52. The van der Waals surface area contributed by atoms with Gasteiger partial charge in [-0.15, -0.1) is 0 Å². The number of carbonyl (C=O) groups excluding carboxylic acids is 2. The molecule has 2 aromatic rings. The lowest BCUT2D eigenvalue weighted by Crippen LogP contribution is -2.23. The molecule has 0 unspecified atom stereocenters. The average molecular weight is 288 g/mol. The molecule has 0 aliphatic heterocycles. The summed E-state index contributed by atoms with van der Waals surface area (Å²) >= 11 is 0. The highest BCUT2D eigenvalue weighted by atomic mass is 16.5. The summed E-state index contributed by atoms with van der Waals surface area (Å²) in [4.78, 5) is 23.0. The number of aromatic nitrogens is 1. The topological polar surface area (TPSA) is 81.4 Å². The van der Waals surface area contributed by atoms with Gasteiger partial charge >= 0.3 is 5.97 Å². The van der Waals surface area contributed by atoms with E-state index in [4.69, 9.17) is 0 Å². The van der Waals surface area contributed by atoms with Crippen LogP contribution in [0.5, 0.6) is 0 Å². The molecule has 21 heavy (non-hydrogen) atoms. The number of carbonyl (C=O) groups is 2. The van der Waals surface area contributed by atoms with Crippen LogP contribution in [0.15, 0.2) is 41.1 Å². The summed E-state index contributed by atoms with van der Waals surface area (Å²) in [5, 5.41) is 6.47. The molecule has 0 bridgehead atoms. The van der Waals surface area contributed by atoms with E-state index < -0.39 is 0 Å². The Balaban J connectivity index is 1.77. The van der Waals surface area contributed by atoms with Crippen LogP contribution in [-0.4, -0.2) is 24.1 Å². The molecule has 1 heterocycles. The quantitative estimate of drug-likeness (QED) is 0.818. The van der Waals surface area contributed by atoms with E-state index in [2.05, 4.69) is 19.7 Å². The number of benzene rings is 1. The van der Waals surface area contributed by atoms with Crippen molar-refractivity contribution in [2.24, 2.45) is 0 Å². The highest BCUT2D eigenvalue weighted by Crippen LogP contribution is 2.08. The van der Waals surface area contributed by atoms with Gasteiger partial charge in [0.05, 0.1) is 19.2 Å². The van der Waals surface area contributed by atoms with Crippen molar-refractivity contribution in [3.8, 4) is 0 Å². The van der Waals surface area contributed by atoms with Crippen molar-refractivity contribution in [2.75, 3.05) is 7.11 Å². The standard InChI is InChI=1S/C15H16N2O4/c1-20-15(19)12-5-2-11(3-6-12)4-7-14(18)16-10-13-8-9-21-17-13/h2-3,5-6,8-9H,4,7,10H2,1H3,(H,16,18). The van der Waals surface area contributed by atoms with E-state index >= 15 is 0 Å². The fourth-order valence-electron chi connectivity index (χ4n) is 1.79. The molecule has 6 nitrogen and oxygen atoms in total. The van der Waals surface area contributed by atoms with Gasteiger partial charge in [-0.05, 0) is 24.1 Å². The lowest BCUT2D eigenvalue weighted by atomic mass is 10.1. The second-order valence-electron chi connectivity index (χ2n) is 4.46. The second kappa shape index (κ2) is 7.23. The van der Waals surface area contributed by atoms with Gasteiger partial charge in [-0.2, -0.15) is 0 Å². The second-order valence-corrected chi connectivity index (χ2v) is 4.46. The fourth-order valence-corrected chi connectivity index (χ4v) is 1.79. The highest BCUT2D eigenvalue weighted by molar-refractivity contribution is 5.89. The summed E-state index contributed by atoms with van der Waals surface area (Å²) in [7, 11) is 1.34. The number of amides is 1. The van der Waals surface area contributed by atoms with Crippen LogP contribution in [0.1, 0.15) is 28.0 Å². The molecule has 0 aliphatic rings. The Morgan fingerprint density at radius 2 is 2.00 bits per heavy atom. The number of methoxy groups -OCH3 is 1. The number of ether oxygens (including phenoxy) is 1. The molecule has 6 heteroatoms. The average Bonchev–Trinajstić information content (AvgIpc) is 3.04. The van der Waals surface area contributed by atoms with E-state index in [0.717, 1.165) is 5.56 Å². The van der Waals surface area contributed by atoms with E-state index in [1.54, 1.807) is 18.2 Å². The summed E-state index contributed by atoms with van der Waals surface area (Å²) in [5.74, 6) is -0.429. The Morgan fingerprint density at radius 1 is 1.24 bits per heavy atom. The van der Waals surface area contributed by atoms with Crippen LogP contribution >= 0.6 is 0 Å². The third kappa shape index (κ3) is 4.45. The molecule has 0 spiro atoms. The Kier molecular flexibility index (Phi) is 5.09. The monoisotopic (exact) mass is 288 g/mol. The lowest BCUT2D eigenvalue weighted by molar-refractivity contribution is -0.121. The third-order valence-corrected chi connectivity index (χ3v) is 2.97. The van der Waals surface area contributed by atoms with Gasteiger partial charge in [0.1, 0.15) is 12.0 Å². The van der Waals surface area contributed by atoms with E-state index in [1.165, 1.54) is 13.4 Å². The molecule has 0 fully saturated rings. The van der Waals surface area contributed by atoms with Gasteiger partial charge < -0.3 is 14.6 Å². The van der Waals surface area contributed by atoms with Crippen molar-refractivity contribution in [3.05, 3.63) is 53.4 Å². The first-order chi connectivity index (χ1) is 10.2. The molecule has 2 rings (SSSR count). The van der Waals surface area contributed by atoms with E-state index in [-0.39, 0.29) is 11.9 Å². The Bertz CT molecular complexity index is 591. The van der Waals surface area contributed by atoms with Gasteiger partial charge in [0.15, 0.2) is 0 Å². The van der Waals surface area contributed by atoms with Crippen molar-refractivity contribution < 1.29 is 18.8 Å². The number of nitrogens with zero attached hydrogens (tertiary/aromatic N) is 1. The smallest absolute Gasteiger partial charge is 0.337 e. The molecule has 110 valence electrons. The van der Waals surface area contributed by atoms with Gasteiger partial charge in [-0.1, -0.05) is 17.3 Å². The SMILES string of the molecule is COC(=O)c1ccc(CCC(=O)NCc2ccon2)cc1. The molecule has 1 N–H and O–H groups in total. The number of nitrogens with one attached hydrogen (secondary N) is 1. The minimum atomic E-state index is -0.369. The highest BCUT2D eigenvalue weighted by Gasteiger charge is 2.06. The van der Waals surface area contributed by atoms with Gasteiger partial charge in [0, 0.05) is 12.5 Å². The molecule has 0 radical (unpaired) electrons. The zero-order chi connectivity index (χ0) is 15.1. The predicted molar refractivity (Wildman–Crippen MR) is 74.5 cm³/mol. The van der Waals surface area contributed by atoms with Crippen LogP contribution < -0.4 is 5.32 Å². The summed E-state index contributed by atoms with van der Waals surface area (Å²) < 4.78 is 9.30. The Hall–Kier alpha value is -2.63. The molecule has 1 aromatic carbocycles. The van der Waals surface area contributed by atoms with Crippen LogP contribution in [0.3, 0.4) is 0 Å². The van der Waals surface area contributed by atoms with E-state index in [0.29, 0.717) is 30.6 Å². The molecule has 0 saturated heterocycles. The number of hydrogen-bond donors (Lipinski definition) is 1. The summed E-state index contributed by atoms with van der Waals surface area (Å²) in [6.07, 6.45) is 2.44. The molecular formula is C15H16N2O4. The van der Waals surface area contributed by atoms with Crippen LogP contribution in [0.4, 0.5) is 0 Å². The van der Waals surface area contributed by atoms with Gasteiger partial charge in [0.2, 0.25) is 5.91 Å². The molecule has 0 atom stereocenters. The van der Waals surface area contributed by atoms with Crippen molar-refractivity contribution in [2.45, 2.75) is 19.4 Å². The molecule has 1 aromatic heterocycles. The van der Waals surface area contributed by atoms with E-state index in [9.17, 15) is 9.59 Å². The molecule has 0 aliphatic carbocycles. The fraction of sp³-hybridized carbons (Fsp3) is 0.267. The molecule has 0 saturated carbocycles. The number of aryl methyl sites for hydroxylation is 1. The maximum absolute atomic E-state index is 11.7. The molecular weight excluding hydrogens is 272 g/mol. The summed E-state index contributed by atoms with van der Waals surface area (Å²) in [6.45, 7) is 0.358. The number of rotatable bonds is 6. The van der Waals surface area contributed by atoms with Crippen molar-refractivity contribution in [3.63, 3.8) is 0 Å².